The summed E-state index contributed by atoms with van der Waals surface area (Å²) in [6.07, 6.45) is 0. The zero-order chi connectivity index (χ0) is 9.40. The first-order valence-corrected chi connectivity index (χ1v) is 5.38. The first kappa shape index (κ1) is 11.2. The summed E-state index contributed by atoms with van der Waals surface area (Å²) in [5, 5.41) is 6.81. The fourth-order valence-corrected chi connectivity index (χ4v) is 1.65. The number of nitrogens with two attached hydrogens (primary N) is 3. The van der Waals surface area contributed by atoms with Gasteiger partial charge in [-0.25, -0.2) is 0 Å². The van der Waals surface area contributed by atoms with E-state index in [0.717, 1.165) is 5.75 Å². The van der Waals surface area contributed by atoms with Crippen molar-refractivity contribution in [1.29, 1.82) is 5.41 Å². The number of nitrogens with zero attached hydrogens (tertiary/aromatic N) is 1. The lowest BCUT2D eigenvalue weighted by Crippen LogP contribution is -2.23. The monoisotopic (exact) mass is 208 g/mol. The number of rotatable bonds is 5. The lowest BCUT2D eigenvalue weighted by Gasteiger charge is -1.99. The van der Waals surface area contributed by atoms with Crippen LogP contribution < -0.4 is 21.9 Å². The maximum atomic E-state index is 6.81. The van der Waals surface area contributed by atoms with E-state index in [-0.39, 0.29) is 11.9 Å². The summed E-state index contributed by atoms with van der Waals surface area (Å²) in [4.78, 5) is 3.77. The molecule has 0 aromatic carbocycles. The van der Waals surface area contributed by atoms with Crippen LogP contribution in [0.5, 0.6) is 0 Å². The van der Waals surface area contributed by atoms with Crippen molar-refractivity contribution < 1.29 is 0 Å². The average molecular weight is 208 g/mol. The van der Waals surface area contributed by atoms with E-state index < -0.39 is 0 Å². The Labute approximate surface area is 78.8 Å². The van der Waals surface area contributed by atoms with Crippen LogP contribution in [0.15, 0.2) is 4.99 Å². The Balaban J connectivity index is 3.11. The van der Waals surface area contributed by atoms with E-state index in [0.29, 0.717) is 6.54 Å². The van der Waals surface area contributed by atoms with E-state index >= 15 is 0 Å². The molecule has 12 heavy (non-hydrogen) atoms. The van der Waals surface area contributed by atoms with Gasteiger partial charge in [0, 0.05) is 16.7 Å². The highest BCUT2D eigenvalue weighted by atomic mass is 33.1. The quantitative estimate of drug-likeness (QED) is 0.130. The predicted octanol–water partition coefficient (Wildman–Crippen LogP) is -0.961. The summed E-state index contributed by atoms with van der Waals surface area (Å²) in [6, 6.07) is 0. The molecule has 0 aliphatic rings. The second-order valence-corrected chi connectivity index (χ2v) is 3.95. The maximum absolute atomic E-state index is 6.81. The van der Waals surface area contributed by atoms with Gasteiger partial charge >= 0.3 is 0 Å². The maximum Gasteiger partial charge on any atom is 0.196 e. The van der Waals surface area contributed by atoms with Crippen molar-refractivity contribution in [3.63, 3.8) is 0 Å². The zero-order valence-corrected chi connectivity index (χ0v) is 8.04. The summed E-state index contributed by atoms with van der Waals surface area (Å²) >= 11 is 0. The van der Waals surface area contributed by atoms with Crippen molar-refractivity contribution in [2.24, 2.45) is 22.2 Å². The van der Waals surface area contributed by atoms with Gasteiger partial charge in [0.15, 0.2) is 11.9 Å². The summed E-state index contributed by atoms with van der Waals surface area (Å²) < 4.78 is 2.56. The van der Waals surface area contributed by atoms with Crippen LogP contribution >= 0.6 is 21.8 Å². The van der Waals surface area contributed by atoms with Gasteiger partial charge in [-0.3, -0.25) is 15.1 Å². The average Bonchev–Trinajstić information content (AvgIpc) is 1.95. The van der Waals surface area contributed by atoms with Crippen molar-refractivity contribution >= 4 is 33.7 Å². The Morgan fingerprint density at radius 1 is 1.42 bits per heavy atom. The molecule has 0 amide bonds. The minimum atomic E-state index is -0.0608. The van der Waals surface area contributed by atoms with Crippen LogP contribution in [-0.2, 0) is 0 Å². The molecular formula is C4H12N6S2. The molecule has 0 aromatic heterocycles. The fraction of sp³-hybridized carbons (Fsp3) is 0.500. The largest absolute Gasteiger partial charge is 0.370 e. The first-order valence-electron chi connectivity index (χ1n) is 3.07. The molecule has 0 saturated carbocycles. The molecule has 0 atom stereocenters. The molecule has 6 nitrogen and oxygen atoms in total. The first-order chi connectivity index (χ1) is 5.63. The molecule has 0 spiro atoms. The molecule has 0 aliphatic heterocycles. The van der Waals surface area contributed by atoms with Crippen LogP contribution in [-0.4, -0.2) is 24.2 Å². The van der Waals surface area contributed by atoms with Gasteiger partial charge in [0.1, 0.15) is 0 Å². The van der Waals surface area contributed by atoms with Crippen molar-refractivity contribution in [2.75, 3.05) is 12.3 Å². The summed E-state index contributed by atoms with van der Waals surface area (Å²) in [5.41, 5.74) is 15.2. The zero-order valence-electron chi connectivity index (χ0n) is 6.41. The normalized spacial score (nSPS) is 9.00. The molecule has 0 rings (SSSR count). The highest BCUT2D eigenvalue weighted by Crippen LogP contribution is 2.15. The van der Waals surface area contributed by atoms with E-state index in [2.05, 4.69) is 9.71 Å². The molecule has 0 radical (unpaired) electrons. The highest BCUT2D eigenvalue weighted by Gasteiger charge is 1.89. The van der Waals surface area contributed by atoms with E-state index in [1.165, 1.54) is 21.8 Å². The third kappa shape index (κ3) is 9.24. The van der Waals surface area contributed by atoms with Crippen molar-refractivity contribution in [1.82, 2.24) is 4.72 Å². The van der Waals surface area contributed by atoms with E-state index in [1.54, 1.807) is 0 Å². The van der Waals surface area contributed by atoms with Crippen molar-refractivity contribution in [3.8, 4) is 0 Å². The van der Waals surface area contributed by atoms with Gasteiger partial charge in [0.25, 0.3) is 0 Å². The molecule has 0 unspecified atom stereocenters. The Morgan fingerprint density at radius 3 is 2.58 bits per heavy atom. The number of guanidine groups is 2. The van der Waals surface area contributed by atoms with E-state index in [4.69, 9.17) is 22.6 Å². The standard InChI is InChI=1S/C4H12N6S2/c5-3(6)9-1-2-11-12-10-4(7)8/h1-2H2,(H4,5,6,9)(H4,7,8,10). The molecule has 0 aliphatic carbocycles. The van der Waals surface area contributed by atoms with Crippen LogP contribution in [0.3, 0.4) is 0 Å². The van der Waals surface area contributed by atoms with E-state index in [1.807, 2.05) is 0 Å². The van der Waals surface area contributed by atoms with Gasteiger partial charge in [-0.1, -0.05) is 10.8 Å². The van der Waals surface area contributed by atoms with Crippen LogP contribution in [0.2, 0.25) is 0 Å². The molecule has 70 valence electrons. The smallest absolute Gasteiger partial charge is 0.196 e. The van der Waals surface area contributed by atoms with Crippen LogP contribution in [0.1, 0.15) is 0 Å². The van der Waals surface area contributed by atoms with Gasteiger partial charge in [-0.15, -0.1) is 0 Å². The van der Waals surface area contributed by atoms with Gasteiger partial charge in [-0.2, -0.15) is 0 Å². The molecule has 8 heteroatoms. The summed E-state index contributed by atoms with van der Waals surface area (Å²) in [5.74, 6) is 0.803. The molecule has 0 heterocycles. The Morgan fingerprint density at radius 2 is 2.08 bits per heavy atom. The number of nitrogens with one attached hydrogen (secondary N) is 2. The second-order valence-electron chi connectivity index (χ2n) is 1.73. The molecule has 0 fully saturated rings. The molecule has 0 bridgehead atoms. The van der Waals surface area contributed by atoms with Crippen LogP contribution in [0.25, 0.3) is 0 Å². The fourth-order valence-electron chi connectivity index (χ4n) is 0.328. The van der Waals surface area contributed by atoms with Gasteiger partial charge < -0.3 is 17.2 Å². The lowest BCUT2D eigenvalue weighted by atomic mass is 10.8. The van der Waals surface area contributed by atoms with Gasteiger partial charge in [0.2, 0.25) is 0 Å². The minimum absolute atomic E-state index is 0.0608. The topological polar surface area (TPSA) is 126 Å². The summed E-state index contributed by atoms with van der Waals surface area (Å²) in [6.45, 7) is 0.569. The number of hydrogen-bond donors (Lipinski definition) is 5. The second kappa shape index (κ2) is 6.92. The SMILES string of the molecule is N=C(N)NSSCCN=C(N)N. The van der Waals surface area contributed by atoms with Gasteiger partial charge in [0.05, 0.1) is 6.54 Å². The Bertz CT molecular complexity index is 165. The third-order valence-corrected chi connectivity index (χ3v) is 2.55. The molecule has 0 saturated heterocycles. The molecular weight excluding hydrogens is 196 g/mol. The number of hydrogen-bond acceptors (Lipinski definition) is 4. The number of aliphatic imine (C=N–C) groups is 1. The molecule has 0 aromatic rings. The third-order valence-electron chi connectivity index (χ3n) is 0.680. The minimum Gasteiger partial charge on any atom is -0.370 e. The van der Waals surface area contributed by atoms with E-state index in [9.17, 15) is 0 Å². The van der Waals surface area contributed by atoms with Crippen LogP contribution in [0.4, 0.5) is 0 Å². The Hall–Kier alpha value is -0.760. The Kier molecular flexibility index (Phi) is 6.48. The van der Waals surface area contributed by atoms with Crippen molar-refractivity contribution in [3.05, 3.63) is 0 Å². The predicted molar refractivity (Wildman–Crippen MR) is 55.8 cm³/mol. The summed E-state index contributed by atoms with van der Waals surface area (Å²) in [7, 11) is 2.77. The molecule has 8 N–H and O–H groups in total. The van der Waals surface area contributed by atoms with Crippen LogP contribution in [0, 0.1) is 5.41 Å². The lowest BCUT2D eigenvalue weighted by molar-refractivity contribution is 1.13. The van der Waals surface area contributed by atoms with Crippen molar-refractivity contribution in [2.45, 2.75) is 0 Å². The van der Waals surface area contributed by atoms with Gasteiger partial charge in [-0.05, 0) is 0 Å². The highest BCUT2D eigenvalue weighted by molar-refractivity contribution is 8.76.